The third-order valence-electron chi connectivity index (χ3n) is 3.34. The van der Waals surface area contributed by atoms with Crippen molar-refractivity contribution in [3.05, 3.63) is 27.7 Å². The van der Waals surface area contributed by atoms with Gasteiger partial charge in [0.05, 0.1) is 6.61 Å². The number of amides is 1. The van der Waals surface area contributed by atoms with Gasteiger partial charge in [0.15, 0.2) is 0 Å². The summed E-state index contributed by atoms with van der Waals surface area (Å²) < 4.78 is 12.0. The highest BCUT2D eigenvalue weighted by Gasteiger charge is 2.17. The number of halogens is 1. The van der Waals surface area contributed by atoms with Crippen molar-refractivity contribution in [2.24, 2.45) is 0 Å². The summed E-state index contributed by atoms with van der Waals surface area (Å²) >= 11 is 3.54. The summed E-state index contributed by atoms with van der Waals surface area (Å²) in [6, 6.07) is 4.21. The Hall–Kier alpha value is -1.27. The van der Waals surface area contributed by atoms with Crippen molar-refractivity contribution >= 4 is 22.0 Å². The molecule has 0 saturated carbocycles. The largest absolute Gasteiger partial charge is 0.493 e. The molecule has 1 heterocycles. The van der Waals surface area contributed by atoms with E-state index in [1.54, 1.807) is 0 Å². The van der Waals surface area contributed by atoms with Crippen molar-refractivity contribution in [1.82, 2.24) is 10.6 Å². The molecular formula is C17H25BrN2O3. The van der Waals surface area contributed by atoms with E-state index in [1.807, 2.05) is 20.8 Å². The zero-order chi connectivity index (χ0) is 16.9. The quantitative estimate of drug-likeness (QED) is 0.737. The van der Waals surface area contributed by atoms with E-state index in [9.17, 15) is 4.79 Å². The van der Waals surface area contributed by atoms with Crippen molar-refractivity contribution in [2.45, 2.75) is 45.8 Å². The van der Waals surface area contributed by atoms with Crippen LogP contribution in [0.2, 0.25) is 0 Å². The number of fused-ring (bicyclic) bond motifs is 1. The van der Waals surface area contributed by atoms with Gasteiger partial charge in [0.1, 0.15) is 11.4 Å². The van der Waals surface area contributed by atoms with E-state index in [4.69, 9.17) is 9.47 Å². The molecule has 0 fully saturated rings. The fourth-order valence-electron chi connectivity index (χ4n) is 2.42. The minimum absolute atomic E-state index is 0.365. The van der Waals surface area contributed by atoms with Gasteiger partial charge in [-0.05, 0) is 51.4 Å². The smallest absolute Gasteiger partial charge is 0.407 e. The van der Waals surface area contributed by atoms with Crippen LogP contribution in [0.3, 0.4) is 0 Å². The van der Waals surface area contributed by atoms with Gasteiger partial charge < -0.3 is 20.1 Å². The van der Waals surface area contributed by atoms with Crippen LogP contribution < -0.4 is 15.4 Å². The monoisotopic (exact) mass is 384 g/mol. The van der Waals surface area contributed by atoms with Crippen LogP contribution in [-0.4, -0.2) is 31.4 Å². The van der Waals surface area contributed by atoms with E-state index in [2.05, 4.69) is 38.7 Å². The highest BCUT2D eigenvalue weighted by molar-refractivity contribution is 9.10. The zero-order valence-electron chi connectivity index (χ0n) is 14.0. The molecule has 6 heteroatoms. The maximum Gasteiger partial charge on any atom is 0.407 e. The Bertz CT molecular complexity index is 556. The molecule has 0 spiro atoms. The van der Waals surface area contributed by atoms with Crippen molar-refractivity contribution in [3.8, 4) is 5.75 Å². The number of carbonyl (C=O) groups excluding carboxylic acids is 1. The van der Waals surface area contributed by atoms with Gasteiger partial charge in [-0.15, -0.1) is 0 Å². The lowest BCUT2D eigenvalue weighted by Crippen LogP contribution is -2.33. The number of hydrogen-bond donors (Lipinski definition) is 2. The van der Waals surface area contributed by atoms with Gasteiger partial charge in [-0.3, -0.25) is 0 Å². The van der Waals surface area contributed by atoms with Gasteiger partial charge in [0, 0.05) is 29.5 Å². The summed E-state index contributed by atoms with van der Waals surface area (Å²) in [5, 5.41) is 6.14. The van der Waals surface area contributed by atoms with Crippen LogP contribution in [0.25, 0.3) is 0 Å². The number of ether oxygens (including phenoxy) is 2. The molecule has 0 unspecified atom stereocenters. The van der Waals surface area contributed by atoms with E-state index < -0.39 is 5.60 Å². The minimum Gasteiger partial charge on any atom is -0.493 e. The molecule has 1 aromatic carbocycles. The van der Waals surface area contributed by atoms with Crippen LogP contribution in [0.15, 0.2) is 16.6 Å². The van der Waals surface area contributed by atoms with Gasteiger partial charge in [-0.25, -0.2) is 4.79 Å². The molecule has 0 atom stereocenters. The second-order valence-electron chi connectivity index (χ2n) is 6.61. The number of carbonyl (C=O) groups is 1. The van der Waals surface area contributed by atoms with Crippen LogP contribution >= 0.6 is 15.9 Å². The molecule has 1 aliphatic heterocycles. The predicted molar refractivity (Wildman–Crippen MR) is 93.9 cm³/mol. The van der Waals surface area contributed by atoms with E-state index in [0.29, 0.717) is 6.54 Å². The maximum atomic E-state index is 11.5. The Morgan fingerprint density at radius 2 is 2.13 bits per heavy atom. The van der Waals surface area contributed by atoms with Crippen molar-refractivity contribution in [1.29, 1.82) is 0 Å². The van der Waals surface area contributed by atoms with Crippen molar-refractivity contribution in [3.63, 3.8) is 0 Å². The highest BCUT2D eigenvalue weighted by atomic mass is 79.9. The maximum absolute atomic E-state index is 11.5. The Balaban J connectivity index is 1.66. The summed E-state index contributed by atoms with van der Waals surface area (Å²) in [6.45, 7) is 8.49. The second kappa shape index (κ2) is 8.02. The number of nitrogens with one attached hydrogen (secondary N) is 2. The SMILES string of the molecule is CC(C)(C)OC(=O)NCCCNCc1cc(Br)cc2c1OCC2. The fourth-order valence-corrected chi connectivity index (χ4v) is 2.97. The van der Waals surface area contributed by atoms with E-state index >= 15 is 0 Å². The molecule has 0 radical (unpaired) electrons. The van der Waals surface area contributed by atoms with E-state index in [-0.39, 0.29) is 6.09 Å². The van der Waals surface area contributed by atoms with E-state index in [1.165, 1.54) is 11.1 Å². The van der Waals surface area contributed by atoms with Gasteiger partial charge in [0.25, 0.3) is 0 Å². The molecule has 1 aliphatic rings. The van der Waals surface area contributed by atoms with Gasteiger partial charge in [-0.2, -0.15) is 0 Å². The molecular weight excluding hydrogens is 360 g/mol. The first kappa shape index (κ1) is 18.1. The van der Waals surface area contributed by atoms with Gasteiger partial charge >= 0.3 is 6.09 Å². The lowest BCUT2D eigenvalue weighted by atomic mass is 10.1. The number of alkyl carbamates (subject to hydrolysis) is 1. The topological polar surface area (TPSA) is 59.6 Å². The molecule has 5 nitrogen and oxygen atoms in total. The summed E-state index contributed by atoms with van der Waals surface area (Å²) in [7, 11) is 0. The molecule has 0 aromatic heterocycles. The average molecular weight is 385 g/mol. The molecule has 1 aromatic rings. The number of hydrogen-bond acceptors (Lipinski definition) is 4. The van der Waals surface area contributed by atoms with Crippen LogP contribution in [-0.2, 0) is 17.7 Å². The third-order valence-corrected chi connectivity index (χ3v) is 3.80. The first-order valence-corrected chi connectivity index (χ1v) is 8.76. The first-order valence-electron chi connectivity index (χ1n) is 7.97. The Kier molecular flexibility index (Phi) is 6.30. The number of benzene rings is 1. The lowest BCUT2D eigenvalue weighted by Gasteiger charge is -2.19. The average Bonchev–Trinajstić information content (AvgIpc) is 2.88. The Labute approximate surface area is 146 Å². The zero-order valence-corrected chi connectivity index (χ0v) is 15.6. The molecule has 2 rings (SSSR count). The van der Waals surface area contributed by atoms with Crippen LogP contribution in [0.1, 0.15) is 38.3 Å². The van der Waals surface area contributed by atoms with Crippen molar-refractivity contribution < 1.29 is 14.3 Å². The van der Waals surface area contributed by atoms with Crippen LogP contribution in [0.4, 0.5) is 4.79 Å². The second-order valence-corrected chi connectivity index (χ2v) is 7.53. The third kappa shape index (κ3) is 6.03. The lowest BCUT2D eigenvalue weighted by molar-refractivity contribution is 0.0527. The Morgan fingerprint density at radius 1 is 1.35 bits per heavy atom. The van der Waals surface area contributed by atoms with Crippen LogP contribution in [0.5, 0.6) is 5.75 Å². The standard InChI is InChI=1S/C17H25BrN2O3/c1-17(2,3)23-16(21)20-7-4-6-19-11-13-10-14(18)9-12-5-8-22-15(12)13/h9-10,19H,4-8,11H2,1-3H3,(H,20,21). The molecule has 0 saturated heterocycles. The highest BCUT2D eigenvalue weighted by Crippen LogP contribution is 2.32. The van der Waals surface area contributed by atoms with Gasteiger partial charge in [-0.1, -0.05) is 15.9 Å². The summed E-state index contributed by atoms with van der Waals surface area (Å²) in [5.74, 6) is 1.02. The summed E-state index contributed by atoms with van der Waals surface area (Å²) in [6.07, 6.45) is 1.45. The molecule has 23 heavy (non-hydrogen) atoms. The summed E-state index contributed by atoms with van der Waals surface area (Å²) in [5.41, 5.74) is 1.98. The molecule has 0 bridgehead atoms. The van der Waals surface area contributed by atoms with Crippen LogP contribution in [0, 0.1) is 0 Å². The molecule has 1 amide bonds. The van der Waals surface area contributed by atoms with Gasteiger partial charge in [0.2, 0.25) is 0 Å². The molecule has 2 N–H and O–H groups in total. The number of rotatable bonds is 6. The molecule has 128 valence electrons. The predicted octanol–water partition coefficient (Wildman–Crippen LogP) is 3.39. The minimum atomic E-state index is -0.455. The van der Waals surface area contributed by atoms with Crippen molar-refractivity contribution in [2.75, 3.05) is 19.7 Å². The Morgan fingerprint density at radius 3 is 2.87 bits per heavy atom. The normalized spacial score (nSPS) is 13.4. The van der Waals surface area contributed by atoms with E-state index in [0.717, 1.165) is 42.8 Å². The molecule has 0 aliphatic carbocycles. The first-order chi connectivity index (χ1) is 10.8. The summed E-state index contributed by atoms with van der Waals surface area (Å²) in [4.78, 5) is 11.5. The fraction of sp³-hybridized carbons (Fsp3) is 0.588.